The smallest absolute Gasteiger partial charge is 0.102 e. The molecule has 0 bridgehead atoms. The van der Waals surface area contributed by atoms with Gasteiger partial charge >= 0.3 is 0 Å². The summed E-state index contributed by atoms with van der Waals surface area (Å²) >= 11 is 0. The number of allylic oxidation sites excluding steroid dienone is 2. The van der Waals surface area contributed by atoms with Crippen LogP contribution in [0.2, 0.25) is 0 Å². The first-order valence-electron chi connectivity index (χ1n) is 8.33. The maximum absolute atomic E-state index is 6.25. The van der Waals surface area contributed by atoms with Gasteiger partial charge in [0.1, 0.15) is 6.20 Å². The second kappa shape index (κ2) is 14.3. The van der Waals surface area contributed by atoms with Gasteiger partial charge in [0.25, 0.3) is 0 Å². The van der Waals surface area contributed by atoms with Crippen molar-refractivity contribution in [1.29, 1.82) is 5.26 Å². The van der Waals surface area contributed by atoms with Crippen molar-refractivity contribution in [3.8, 4) is 0 Å². The number of hydrogen-bond acceptors (Lipinski definition) is 1. The molecular weight excluding hydrogens is 244 g/mol. The van der Waals surface area contributed by atoms with E-state index in [2.05, 4.69) is 32.3 Å². The van der Waals surface area contributed by atoms with Crippen LogP contribution in [0, 0.1) is 11.8 Å². The molecule has 1 aliphatic heterocycles. The van der Waals surface area contributed by atoms with Crippen molar-refractivity contribution >= 4 is 0 Å². The normalized spacial score (nSPS) is 16.6. The van der Waals surface area contributed by atoms with E-state index >= 15 is 0 Å². The predicted molar refractivity (Wildman–Crippen MR) is 85.5 cm³/mol. The van der Waals surface area contributed by atoms with Crippen LogP contribution in [-0.2, 0) is 0 Å². The molecule has 1 aliphatic rings. The van der Waals surface area contributed by atoms with Gasteiger partial charge in [-0.3, -0.25) is 4.90 Å². The summed E-state index contributed by atoms with van der Waals surface area (Å²) in [6.45, 7) is 10.6. The van der Waals surface area contributed by atoms with Crippen LogP contribution >= 0.6 is 0 Å². The van der Waals surface area contributed by atoms with Gasteiger partial charge in [-0.2, -0.15) is 0 Å². The Balaban J connectivity index is 0.00000172. The van der Waals surface area contributed by atoms with Gasteiger partial charge in [-0.25, -0.2) is 0 Å². The zero-order valence-electron chi connectivity index (χ0n) is 13.5. The predicted octanol–water partition coefficient (Wildman–Crippen LogP) is 4.32. The van der Waals surface area contributed by atoms with Gasteiger partial charge in [-0.1, -0.05) is 58.8 Å². The first-order valence-corrected chi connectivity index (χ1v) is 8.33. The molecule has 2 nitrogen and oxygen atoms in total. The Labute approximate surface area is 126 Å². The molecule has 0 fully saturated rings. The largest absolute Gasteiger partial charge is 0.512 e. The minimum absolute atomic E-state index is 1.18. The SMILES string of the molecule is CCCCCCCCCCC[NH+]1C=CC(CC)=C1.[C-]#N. The summed E-state index contributed by atoms with van der Waals surface area (Å²) in [5.41, 5.74) is 1.50. The molecule has 0 spiro atoms. The maximum Gasteiger partial charge on any atom is 0.102 e. The van der Waals surface area contributed by atoms with Gasteiger partial charge in [0.2, 0.25) is 0 Å². The van der Waals surface area contributed by atoms with E-state index < -0.39 is 0 Å². The Morgan fingerprint density at radius 3 is 1.95 bits per heavy atom. The molecule has 0 saturated carbocycles. The fraction of sp³-hybridized carbons (Fsp3) is 0.722. The molecule has 114 valence electrons. The first-order chi connectivity index (χ1) is 9.86. The Bertz CT molecular complexity index is 289. The van der Waals surface area contributed by atoms with E-state index in [1.807, 2.05) is 0 Å². The highest BCUT2D eigenvalue weighted by Crippen LogP contribution is 2.09. The third kappa shape index (κ3) is 9.81. The molecule has 0 aromatic heterocycles. The Morgan fingerprint density at radius 2 is 1.45 bits per heavy atom. The number of quaternary nitrogens is 1. The van der Waals surface area contributed by atoms with E-state index in [1.165, 1.54) is 76.3 Å². The fourth-order valence-electron chi connectivity index (χ4n) is 2.56. The molecule has 0 aliphatic carbocycles. The number of unbranched alkanes of at least 4 members (excludes halogenated alkanes) is 8. The van der Waals surface area contributed by atoms with Gasteiger partial charge in [-0.15, -0.1) is 0 Å². The quantitative estimate of drug-likeness (QED) is 0.442. The lowest BCUT2D eigenvalue weighted by Crippen LogP contribution is -3.01. The summed E-state index contributed by atoms with van der Waals surface area (Å²) in [5.74, 6) is 0. The lowest BCUT2D eigenvalue weighted by molar-refractivity contribution is -0.788. The van der Waals surface area contributed by atoms with Gasteiger partial charge in [0, 0.05) is 11.6 Å². The number of nitrogens with one attached hydrogen (secondary N) is 1. The highest BCUT2D eigenvalue weighted by molar-refractivity contribution is 5.17. The van der Waals surface area contributed by atoms with Gasteiger partial charge in [0.15, 0.2) is 0 Å². The van der Waals surface area contributed by atoms with Gasteiger partial charge in [-0.05, 0) is 19.3 Å². The molecule has 0 saturated heterocycles. The minimum atomic E-state index is 1.18. The molecule has 0 aromatic rings. The van der Waals surface area contributed by atoms with Crippen LogP contribution in [0.15, 0.2) is 24.0 Å². The lowest BCUT2D eigenvalue weighted by atomic mass is 10.1. The number of nitrogens with zero attached hydrogens (tertiary/aromatic N) is 1. The third-order valence-corrected chi connectivity index (χ3v) is 3.86. The molecule has 20 heavy (non-hydrogen) atoms. The van der Waals surface area contributed by atoms with Crippen LogP contribution in [0.4, 0.5) is 0 Å². The number of rotatable bonds is 11. The van der Waals surface area contributed by atoms with E-state index in [0.717, 1.165) is 0 Å². The second-order valence-corrected chi connectivity index (χ2v) is 5.56. The highest BCUT2D eigenvalue weighted by Gasteiger charge is 2.08. The van der Waals surface area contributed by atoms with Crippen LogP contribution in [0.3, 0.4) is 0 Å². The van der Waals surface area contributed by atoms with Gasteiger partial charge < -0.3 is 11.8 Å². The van der Waals surface area contributed by atoms with E-state index in [9.17, 15) is 0 Å². The van der Waals surface area contributed by atoms with Crippen molar-refractivity contribution in [3.05, 3.63) is 30.6 Å². The summed E-state index contributed by atoms with van der Waals surface area (Å²) in [6, 6.07) is 0. The average Bonchev–Trinajstić information content (AvgIpc) is 2.95. The Morgan fingerprint density at radius 1 is 0.900 bits per heavy atom. The van der Waals surface area contributed by atoms with Crippen molar-refractivity contribution in [2.45, 2.75) is 78.1 Å². The summed E-state index contributed by atoms with van der Waals surface area (Å²) in [7, 11) is 0. The molecular formula is C18H32N2. The van der Waals surface area contributed by atoms with Crippen molar-refractivity contribution in [3.63, 3.8) is 0 Å². The van der Waals surface area contributed by atoms with Crippen LogP contribution < -0.4 is 4.90 Å². The fourth-order valence-corrected chi connectivity index (χ4v) is 2.56. The molecule has 0 amide bonds. The van der Waals surface area contributed by atoms with Crippen molar-refractivity contribution < 1.29 is 4.90 Å². The molecule has 2 heteroatoms. The molecule has 1 unspecified atom stereocenters. The molecule has 1 N–H and O–H groups in total. The maximum atomic E-state index is 6.25. The molecule has 1 atom stereocenters. The Hall–Kier alpha value is -1.07. The average molecular weight is 276 g/mol. The van der Waals surface area contributed by atoms with E-state index in [1.54, 1.807) is 4.90 Å². The van der Waals surface area contributed by atoms with E-state index in [0.29, 0.717) is 0 Å². The van der Waals surface area contributed by atoms with Gasteiger partial charge in [0.05, 0.1) is 12.7 Å². The highest BCUT2D eigenvalue weighted by atomic mass is 15.1. The van der Waals surface area contributed by atoms with Crippen molar-refractivity contribution in [2.24, 2.45) is 0 Å². The zero-order chi connectivity index (χ0) is 15.1. The summed E-state index contributed by atoms with van der Waals surface area (Å²) < 4.78 is 0. The molecule has 1 heterocycles. The van der Waals surface area contributed by atoms with Crippen molar-refractivity contribution in [1.82, 2.24) is 0 Å². The standard InChI is InChI=1S/C17H31N.CN/c1-3-5-6-7-8-9-10-11-12-14-18-15-13-17(4-2)16-18;1-2/h13,15-16H,3-12,14H2,1-2H3;/q;-1/p+1. The summed E-state index contributed by atoms with van der Waals surface area (Å²) in [4.78, 5) is 1.55. The molecule has 0 aromatic carbocycles. The van der Waals surface area contributed by atoms with Crippen LogP contribution in [0.25, 0.3) is 0 Å². The Kier molecular flexibility index (Phi) is 13.6. The van der Waals surface area contributed by atoms with Crippen LogP contribution in [-0.4, -0.2) is 6.54 Å². The lowest BCUT2D eigenvalue weighted by Gasteiger charge is -2.06. The van der Waals surface area contributed by atoms with E-state index in [4.69, 9.17) is 11.8 Å². The minimum Gasteiger partial charge on any atom is -0.512 e. The van der Waals surface area contributed by atoms with E-state index in [-0.39, 0.29) is 0 Å². The van der Waals surface area contributed by atoms with Crippen LogP contribution in [0.1, 0.15) is 78.1 Å². The summed E-state index contributed by atoms with van der Waals surface area (Å²) in [5, 5.41) is 6.25. The third-order valence-electron chi connectivity index (χ3n) is 3.86. The molecule has 1 rings (SSSR count). The number of hydrogen-bond donors (Lipinski definition) is 1. The van der Waals surface area contributed by atoms with Crippen LogP contribution in [0.5, 0.6) is 0 Å². The molecule has 0 radical (unpaired) electrons. The monoisotopic (exact) mass is 276 g/mol. The second-order valence-electron chi connectivity index (χ2n) is 5.56. The summed E-state index contributed by atoms with van der Waals surface area (Å²) in [6.07, 6.45) is 21.0. The topological polar surface area (TPSA) is 28.2 Å². The first kappa shape index (κ1) is 18.9. The van der Waals surface area contributed by atoms with Crippen molar-refractivity contribution in [2.75, 3.05) is 6.54 Å². The zero-order valence-corrected chi connectivity index (χ0v) is 13.5.